The van der Waals surface area contributed by atoms with Crippen molar-refractivity contribution in [1.29, 1.82) is 0 Å². The first-order valence-electron chi connectivity index (χ1n) is 12.7. The zero-order valence-corrected chi connectivity index (χ0v) is 20.9. The molecule has 0 spiro atoms. The van der Waals surface area contributed by atoms with Crippen LogP contribution in [0.15, 0.2) is 24.3 Å². The number of carboxylic acid groups (broad SMARTS) is 1. The van der Waals surface area contributed by atoms with Gasteiger partial charge in [-0.25, -0.2) is 0 Å². The summed E-state index contributed by atoms with van der Waals surface area (Å²) in [6.07, 6.45) is 8.40. The van der Waals surface area contributed by atoms with Gasteiger partial charge >= 0.3 is 0 Å². The number of nitrogens with zero attached hydrogens (tertiary/aromatic N) is 3. The van der Waals surface area contributed by atoms with E-state index in [1.807, 2.05) is 26.2 Å². The number of fused-ring (bicyclic) bond motifs is 4. The Hall–Kier alpha value is -1.92. The topological polar surface area (TPSA) is 64.1 Å². The van der Waals surface area contributed by atoms with Crippen LogP contribution in [0.1, 0.15) is 68.3 Å². The van der Waals surface area contributed by atoms with E-state index in [1.54, 1.807) is 4.90 Å². The van der Waals surface area contributed by atoms with Gasteiger partial charge in [0.15, 0.2) is 0 Å². The number of piperidine rings is 3. The summed E-state index contributed by atoms with van der Waals surface area (Å²) in [5.41, 5.74) is 2.12. The maximum absolute atomic E-state index is 12.2. The molecule has 3 saturated heterocycles. The molecule has 4 atom stereocenters. The lowest BCUT2D eigenvalue weighted by Crippen LogP contribution is -2.63. The second-order valence-corrected chi connectivity index (χ2v) is 10.8. The van der Waals surface area contributed by atoms with Crippen molar-refractivity contribution in [3.05, 3.63) is 35.4 Å². The molecular weight excluding hydrogens is 414 g/mol. The summed E-state index contributed by atoms with van der Waals surface area (Å²) in [5.74, 6) is 2.55. The van der Waals surface area contributed by atoms with E-state index in [4.69, 9.17) is 9.90 Å². The van der Waals surface area contributed by atoms with Crippen LogP contribution in [0.2, 0.25) is 0 Å². The molecule has 1 N–H and O–H groups in total. The molecule has 1 amide bonds. The van der Waals surface area contributed by atoms with Gasteiger partial charge in [0.1, 0.15) is 0 Å². The van der Waals surface area contributed by atoms with E-state index in [9.17, 15) is 4.79 Å². The molecule has 0 unspecified atom stereocenters. The van der Waals surface area contributed by atoms with E-state index < -0.39 is 0 Å². The first kappa shape index (κ1) is 25.7. The van der Waals surface area contributed by atoms with Gasteiger partial charge in [0, 0.05) is 51.4 Å². The minimum atomic E-state index is -0.250. The maximum Gasteiger partial charge on any atom is 0.290 e. The number of amides is 1. The molecule has 184 valence electrons. The summed E-state index contributed by atoms with van der Waals surface area (Å²) < 4.78 is 0. The molecule has 4 rings (SSSR count). The molecule has 6 heteroatoms. The first-order valence-corrected chi connectivity index (χ1v) is 12.7. The Bertz CT molecular complexity index is 764. The summed E-state index contributed by atoms with van der Waals surface area (Å²) in [6, 6.07) is 9.91. The van der Waals surface area contributed by atoms with Crippen molar-refractivity contribution in [3.8, 4) is 0 Å². The zero-order chi connectivity index (χ0) is 24.0. The van der Waals surface area contributed by atoms with Crippen LogP contribution >= 0.6 is 0 Å². The third-order valence-electron chi connectivity index (χ3n) is 7.75. The summed E-state index contributed by atoms with van der Waals surface area (Å²) in [6.45, 7) is 9.33. The highest BCUT2D eigenvalue weighted by Gasteiger charge is 2.46. The zero-order valence-electron chi connectivity index (χ0n) is 20.9. The molecule has 0 aromatic heterocycles. The lowest BCUT2D eigenvalue weighted by molar-refractivity contribution is -0.122. The standard InChI is InChI=1S/C26H41N3O.CH2O2/c1-19(2)8-13-25-23-15-22(24-7-5-6-14-29(24)25)17-28(18-23)16-20-9-11-21(12-10-20)26(30)27(3)4;2-1-3/h9-12,19,22-25H,5-8,13-18H2,1-4H3;1H,(H,2,3)/t22-,23+,24+,25+;/m1./s1. The summed E-state index contributed by atoms with van der Waals surface area (Å²) in [4.78, 5) is 27.8. The quantitative estimate of drug-likeness (QED) is 0.649. The number of hydrogen-bond donors (Lipinski definition) is 1. The minimum Gasteiger partial charge on any atom is -0.483 e. The Morgan fingerprint density at radius 1 is 1.15 bits per heavy atom. The predicted molar refractivity (Wildman–Crippen MR) is 132 cm³/mol. The van der Waals surface area contributed by atoms with Crippen molar-refractivity contribution in [1.82, 2.24) is 14.7 Å². The van der Waals surface area contributed by atoms with Crippen LogP contribution in [0, 0.1) is 17.8 Å². The van der Waals surface area contributed by atoms with Crippen LogP contribution < -0.4 is 0 Å². The molecule has 33 heavy (non-hydrogen) atoms. The fraction of sp³-hybridized carbons (Fsp3) is 0.704. The Balaban J connectivity index is 0.000000968. The molecule has 6 nitrogen and oxygen atoms in total. The van der Waals surface area contributed by atoms with E-state index in [1.165, 1.54) is 63.7 Å². The highest BCUT2D eigenvalue weighted by Crippen LogP contribution is 2.43. The third-order valence-corrected chi connectivity index (χ3v) is 7.75. The predicted octanol–water partition coefficient (Wildman–Crippen LogP) is 4.20. The number of benzene rings is 1. The summed E-state index contributed by atoms with van der Waals surface area (Å²) >= 11 is 0. The highest BCUT2D eigenvalue weighted by molar-refractivity contribution is 5.93. The highest BCUT2D eigenvalue weighted by atomic mass is 16.3. The van der Waals surface area contributed by atoms with Gasteiger partial charge in [-0.3, -0.25) is 19.4 Å². The van der Waals surface area contributed by atoms with E-state index in [0.29, 0.717) is 0 Å². The molecule has 1 aromatic carbocycles. The van der Waals surface area contributed by atoms with Crippen LogP contribution in [0.5, 0.6) is 0 Å². The smallest absolute Gasteiger partial charge is 0.290 e. The van der Waals surface area contributed by atoms with Gasteiger partial charge in [0.05, 0.1) is 0 Å². The van der Waals surface area contributed by atoms with Crippen LogP contribution in [0.4, 0.5) is 0 Å². The molecule has 0 saturated carbocycles. The van der Waals surface area contributed by atoms with Gasteiger partial charge in [0.25, 0.3) is 12.4 Å². The maximum atomic E-state index is 12.2. The van der Waals surface area contributed by atoms with E-state index >= 15 is 0 Å². The van der Waals surface area contributed by atoms with Gasteiger partial charge < -0.3 is 10.0 Å². The lowest BCUT2D eigenvalue weighted by atomic mass is 9.71. The average Bonchev–Trinajstić information content (AvgIpc) is 2.79. The van der Waals surface area contributed by atoms with Gasteiger partial charge in [-0.15, -0.1) is 0 Å². The van der Waals surface area contributed by atoms with Gasteiger partial charge in [-0.1, -0.05) is 32.4 Å². The van der Waals surface area contributed by atoms with Crippen molar-refractivity contribution in [2.45, 2.75) is 71.0 Å². The molecule has 2 bridgehead atoms. The van der Waals surface area contributed by atoms with Crippen molar-refractivity contribution < 1.29 is 14.7 Å². The fourth-order valence-electron chi connectivity index (χ4n) is 6.31. The minimum absolute atomic E-state index is 0.0828. The molecule has 3 aliphatic heterocycles. The average molecular weight is 458 g/mol. The van der Waals surface area contributed by atoms with Crippen molar-refractivity contribution in [2.75, 3.05) is 33.7 Å². The first-order chi connectivity index (χ1) is 15.8. The number of likely N-dealkylation sites (tertiary alicyclic amines) is 1. The lowest BCUT2D eigenvalue weighted by Gasteiger charge is -2.57. The van der Waals surface area contributed by atoms with Crippen molar-refractivity contribution >= 4 is 12.4 Å². The van der Waals surface area contributed by atoms with Crippen LogP contribution in [-0.2, 0) is 11.3 Å². The summed E-state index contributed by atoms with van der Waals surface area (Å²) in [5, 5.41) is 6.89. The van der Waals surface area contributed by atoms with Gasteiger partial charge in [0.2, 0.25) is 0 Å². The number of carbonyl (C=O) groups excluding carboxylic acids is 1. The molecule has 3 fully saturated rings. The van der Waals surface area contributed by atoms with E-state index in [2.05, 4.69) is 35.8 Å². The number of carbonyl (C=O) groups is 2. The Morgan fingerprint density at radius 2 is 1.82 bits per heavy atom. The van der Waals surface area contributed by atoms with E-state index in [0.717, 1.165) is 41.9 Å². The Kier molecular flexibility index (Phi) is 9.33. The normalized spacial score (nSPS) is 27.3. The summed E-state index contributed by atoms with van der Waals surface area (Å²) in [7, 11) is 3.62. The largest absolute Gasteiger partial charge is 0.483 e. The van der Waals surface area contributed by atoms with Gasteiger partial charge in [-0.2, -0.15) is 0 Å². The second-order valence-electron chi connectivity index (χ2n) is 10.8. The molecule has 0 radical (unpaired) electrons. The van der Waals surface area contributed by atoms with Crippen LogP contribution in [-0.4, -0.2) is 78.0 Å². The second kappa shape index (κ2) is 12.0. The van der Waals surface area contributed by atoms with E-state index in [-0.39, 0.29) is 12.4 Å². The fourth-order valence-corrected chi connectivity index (χ4v) is 6.31. The molecule has 0 aliphatic carbocycles. The molecular formula is C27H43N3O3. The number of hydrogen-bond acceptors (Lipinski definition) is 4. The third kappa shape index (κ3) is 6.57. The number of rotatable bonds is 6. The SMILES string of the molecule is CC(C)CC[C@H]1[C@H]2C[C@H](CN(Cc3ccc(C(=O)N(C)C)cc3)C2)[C@@H]2CCCCN21.O=CO. The van der Waals surface area contributed by atoms with Crippen LogP contribution in [0.3, 0.4) is 0 Å². The molecule has 1 aromatic rings. The van der Waals surface area contributed by atoms with Crippen molar-refractivity contribution in [2.24, 2.45) is 17.8 Å². The molecule has 3 aliphatic rings. The van der Waals surface area contributed by atoms with Crippen LogP contribution in [0.25, 0.3) is 0 Å². The Labute approximate surface area is 199 Å². The Morgan fingerprint density at radius 3 is 2.45 bits per heavy atom. The monoisotopic (exact) mass is 457 g/mol. The van der Waals surface area contributed by atoms with Gasteiger partial charge in [-0.05, 0) is 74.1 Å². The van der Waals surface area contributed by atoms with Crippen molar-refractivity contribution in [3.63, 3.8) is 0 Å². The molecule has 3 heterocycles.